The van der Waals surface area contributed by atoms with Crippen molar-refractivity contribution in [3.63, 3.8) is 0 Å². The third-order valence-corrected chi connectivity index (χ3v) is 4.05. The summed E-state index contributed by atoms with van der Waals surface area (Å²) in [5.41, 5.74) is 0.821. The van der Waals surface area contributed by atoms with Crippen LogP contribution < -0.4 is 0 Å². The second-order valence-corrected chi connectivity index (χ2v) is 5.47. The van der Waals surface area contributed by atoms with Crippen LogP contribution in [0.1, 0.15) is 24.8 Å². The van der Waals surface area contributed by atoms with Crippen LogP contribution in [0.3, 0.4) is 0 Å². The van der Waals surface area contributed by atoms with Crippen molar-refractivity contribution in [1.29, 1.82) is 5.26 Å². The molecule has 0 bridgehead atoms. The topological polar surface area (TPSA) is 44.1 Å². The van der Waals surface area contributed by atoms with Crippen LogP contribution in [0.15, 0.2) is 18.2 Å². The first-order valence-corrected chi connectivity index (χ1v) is 7.00. The van der Waals surface area contributed by atoms with Crippen molar-refractivity contribution in [3.05, 3.63) is 33.8 Å². The Morgan fingerprint density at radius 3 is 2.84 bits per heavy atom. The Labute approximate surface area is 122 Å². The summed E-state index contributed by atoms with van der Waals surface area (Å²) in [6, 6.07) is 7.09. The van der Waals surface area contributed by atoms with Crippen LogP contribution in [0.4, 0.5) is 0 Å². The Morgan fingerprint density at radius 2 is 2.16 bits per heavy atom. The fourth-order valence-electron chi connectivity index (χ4n) is 2.29. The monoisotopic (exact) mass is 296 g/mol. The van der Waals surface area contributed by atoms with Crippen LogP contribution >= 0.6 is 23.2 Å². The number of hydrogen-bond donors (Lipinski definition) is 0. The molecule has 0 spiro atoms. The zero-order valence-corrected chi connectivity index (χ0v) is 11.9. The molecule has 1 heterocycles. The maximum Gasteiger partial charge on any atom is 0.228 e. The molecule has 1 unspecified atom stereocenters. The third kappa shape index (κ3) is 3.40. The van der Waals surface area contributed by atoms with E-state index in [1.54, 1.807) is 23.1 Å². The van der Waals surface area contributed by atoms with Gasteiger partial charge in [-0.15, -0.1) is 0 Å². The van der Waals surface area contributed by atoms with Gasteiger partial charge in [-0.3, -0.25) is 4.79 Å². The molecule has 2 rings (SSSR count). The molecule has 3 nitrogen and oxygen atoms in total. The highest BCUT2D eigenvalue weighted by atomic mass is 35.5. The van der Waals surface area contributed by atoms with Gasteiger partial charge in [0.2, 0.25) is 5.91 Å². The highest BCUT2D eigenvalue weighted by Crippen LogP contribution is 2.24. The fraction of sp³-hybridized carbons (Fsp3) is 0.429. The third-order valence-electron chi connectivity index (χ3n) is 3.31. The molecule has 5 heteroatoms. The van der Waals surface area contributed by atoms with Crippen molar-refractivity contribution in [2.75, 3.05) is 6.54 Å². The quantitative estimate of drug-likeness (QED) is 0.839. The first kappa shape index (κ1) is 14.2. The summed E-state index contributed by atoms with van der Waals surface area (Å²) in [6.07, 6.45) is 3.00. The van der Waals surface area contributed by atoms with E-state index in [4.69, 9.17) is 28.5 Å². The van der Waals surface area contributed by atoms with Crippen molar-refractivity contribution in [2.45, 2.75) is 31.7 Å². The molecule has 0 saturated carbocycles. The van der Waals surface area contributed by atoms with Gasteiger partial charge in [0.05, 0.1) is 22.5 Å². The summed E-state index contributed by atoms with van der Waals surface area (Å²) in [5, 5.41) is 10.00. The van der Waals surface area contributed by atoms with Gasteiger partial charge in [-0.2, -0.15) is 5.26 Å². The van der Waals surface area contributed by atoms with E-state index in [0.717, 1.165) is 24.8 Å². The molecule has 1 amide bonds. The Bertz CT molecular complexity index is 525. The predicted molar refractivity (Wildman–Crippen MR) is 75.1 cm³/mol. The van der Waals surface area contributed by atoms with Crippen LogP contribution in [-0.2, 0) is 11.2 Å². The second-order valence-electron chi connectivity index (χ2n) is 4.65. The molecule has 19 heavy (non-hydrogen) atoms. The van der Waals surface area contributed by atoms with Crippen LogP contribution in [0, 0.1) is 11.3 Å². The van der Waals surface area contributed by atoms with Gasteiger partial charge in [0, 0.05) is 6.54 Å². The highest BCUT2D eigenvalue weighted by Gasteiger charge is 2.26. The van der Waals surface area contributed by atoms with Crippen molar-refractivity contribution >= 4 is 29.1 Å². The van der Waals surface area contributed by atoms with Gasteiger partial charge in [0.15, 0.2) is 0 Å². The van der Waals surface area contributed by atoms with Crippen molar-refractivity contribution in [1.82, 2.24) is 4.90 Å². The van der Waals surface area contributed by atoms with Crippen molar-refractivity contribution < 1.29 is 4.79 Å². The van der Waals surface area contributed by atoms with Gasteiger partial charge < -0.3 is 4.90 Å². The lowest BCUT2D eigenvalue weighted by atomic mass is 10.0. The SMILES string of the molecule is N#CC1CCCCN1C(=O)Cc1ccc(Cl)c(Cl)c1. The first-order valence-electron chi connectivity index (χ1n) is 6.25. The van der Waals surface area contributed by atoms with Crippen LogP contribution in [0.5, 0.6) is 0 Å². The largest absolute Gasteiger partial charge is 0.326 e. The molecule has 0 aromatic heterocycles. The second kappa shape index (κ2) is 6.27. The van der Waals surface area contributed by atoms with E-state index in [9.17, 15) is 4.79 Å². The van der Waals surface area contributed by atoms with E-state index in [1.165, 1.54) is 0 Å². The average molecular weight is 297 g/mol. The number of carbonyl (C=O) groups is 1. The molecule has 1 atom stereocenters. The van der Waals surface area contributed by atoms with Gasteiger partial charge >= 0.3 is 0 Å². The Morgan fingerprint density at radius 1 is 1.37 bits per heavy atom. The number of rotatable bonds is 2. The Hall–Kier alpha value is -1.24. The molecule has 100 valence electrons. The van der Waals surface area contributed by atoms with Gasteiger partial charge in [-0.05, 0) is 37.0 Å². The minimum atomic E-state index is -0.288. The number of amides is 1. The molecule has 1 aliphatic heterocycles. The van der Waals surface area contributed by atoms with E-state index >= 15 is 0 Å². The molecule has 1 aliphatic rings. The average Bonchev–Trinajstić information content (AvgIpc) is 2.43. The lowest BCUT2D eigenvalue weighted by Gasteiger charge is -2.31. The number of halogens is 2. The number of benzene rings is 1. The first-order chi connectivity index (χ1) is 9.11. The number of hydrogen-bond acceptors (Lipinski definition) is 2. The van der Waals surface area contributed by atoms with Crippen LogP contribution in [-0.4, -0.2) is 23.4 Å². The normalized spacial score (nSPS) is 19.0. The van der Waals surface area contributed by atoms with E-state index in [1.807, 2.05) is 0 Å². The van der Waals surface area contributed by atoms with Crippen LogP contribution in [0.25, 0.3) is 0 Å². The summed E-state index contributed by atoms with van der Waals surface area (Å²) >= 11 is 11.8. The molecule has 0 radical (unpaired) electrons. The highest BCUT2D eigenvalue weighted by molar-refractivity contribution is 6.42. The zero-order chi connectivity index (χ0) is 13.8. The summed E-state index contributed by atoms with van der Waals surface area (Å²) < 4.78 is 0. The van der Waals surface area contributed by atoms with Gasteiger partial charge in [0.25, 0.3) is 0 Å². The fourth-order valence-corrected chi connectivity index (χ4v) is 2.61. The minimum absolute atomic E-state index is 0.0235. The Balaban J connectivity index is 2.07. The van der Waals surface area contributed by atoms with Crippen molar-refractivity contribution in [3.8, 4) is 6.07 Å². The van der Waals surface area contributed by atoms with E-state index < -0.39 is 0 Å². The number of likely N-dealkylation sites (tertiary alicyclic amines) is 1. The lowest BCUT2D eigenvalue weighted by Crippen LogP contribution is -2.43. The van der Waals surface area contributed by atoms with Gasteiger partial charge in [0.1, 0.15) is 6.04 Å². The summed E-state index contributed by atoms with van der Waals surface area (Å²) in [7, 11) is 0. The number of nitriles is 1. The standard InChI is InChI=1S/C14H14Cl2N2O/c15-12-5-4-10(7-13(12)16)8-14(19)18-6-2-1-3-11(18)9-17/h4-5,7,11H,1-3,6,8H2. The number of piperidine rings is 1. The van der Waals surface area contributed by atoms with E-state index in [0.29, 0.717) is 16.6 Å². The zero-order valence-electron chi connectivity index (χ0n) is 10.4. The molecule has 1 aromatic carbocycles. The molecular weight excluding hydrogens is 283 g/mol. The van der Waals surface area contributed by atoms with E-state index in [-0.39, 0.29) is 18.4 Å². The summed E-state index contributed by atoms with van der Waals surface area (Å²) in [6.45, 7) is 0.665. The van der Waals surface area contributed by atoms with Gasteiger partial charge in [-0.1, -0.05) is 29.3 Å². The summed E-state index contributed by atoms with van der Waals surface area (Å²) in [5.74, 6) is -0.0235. The molecule has 0 N–H and O–H groups in total. The molecule has 0 aliphatic carbocycles. The Kier molecular flexibility index (Phi) is 4.68. The molecule has 1 aromatic rings. The maximum atomic E-state index is 12.2. The predicted octanol–water partition coefficient (Wildman–Crippen LogP) is 3.44. The van der Waals surface area contributed by atoms with Gasteiger partial charge in [-0.25, -0.2) is 0 Å². The summed E-state index contributed by atoms with van der Waals surface area (Å²) in [4.78, 5) is 13.9. The molecule has 1 saturated heterocycles. The molecular formula is C14H14Cl2N2O. The number of carbonyl (C=O) groups excluding carboxylic acids is 1. The minimum Gasteiger partial charge on any atom is -0.326 e. The molecule has 1 fully saturated rings. The van der Waals surface area contributed by atoms with E-state index in [2.05, 4.69) is 6.07 Å². The number of nitrogens with zero attached hydrogens (tertiary/aromatic N) is 2. The van der Waals surface area contributed by atoms with Crippen LogP contribution in [0.2, 0.25) is 10.0 Å². The smallest absolute Gasteiger partial charge is 0.228 e. The van der Waals surface area contributed by atoms with Crippen molar-refractivity contribution in [2.24, 2.45) is 0 Å². The lowest BCUT2D eigenvalue weighted by molar-refractivity contribution is -0.132. The maximum absolute atomic E-state index is 12.2.